The average Bonchev–Trinajstić information content (AvgIpc) is 3.21. The molecule has 0 heterocycles. The van der Waals surface area contributed by atoms with Gasteiger partial charge >= 0.3 is 17.9 Å². The lowest BCUT2D eigenvalue weighted by atomic mass is 10.1. The minimum atomic E-state index is -0.786. The molecular weight excluding hydrogens is 709 g/mol. The first-order chi connectivity index (χ1) is 28.0. The lowest BCUT2D eigenvalue weighted by Gasteiger charge is -2.18. The second-order valence-electron chi connectivity index (χ2n) is 15.6. The molecule has 0 rings (SSSR count). The predicted octanol–water partition coefficient (Wildman–Crippen LogP) is 15.3. The number of allylic oxidation sites excluding steroid dienone is 10. The van der Waals surface area contributed by atoms with Gasteiger partial charge in [0.15, 0.2) is 6.10 Å². The normalized spacial score (nSPS) is 12.5. The van der Waals surface area contributed by atoms with Gasteiger partial charge in [-0.05, 0) is 103 Å². The molecule has 0 aromatic rings. The Bertz CT molecular complexity index is 1050. The molecule has 0 unspecified atom stereocenters. The van der Waals surface area contributed by atoms with Crippen LogP contribution >= 0.6 is 0 Å². The van der Waals surface area contributed by atoms with Crippen molar-refractivity contribution in [3.63, 3.8) is 0 Å². The van der Waals surface area contributed by atoms with Crippen LogP contribution in [-0.4, -0.2) is 37.2 Å². The lowest BCUT2D eigenvalue weighted by molar-refractivity contribution is -0.167. The number of carbonyl (C=O) groups is 3. The van der Waals surface area contributed by atoms with Gasteiger partial charge in [-0.3, -0.25) is 14.4 Å². The van der Waals surface area contributed by atoms with Crippen molar-refractivity contribution in [2.75, 3.05) is 13.2 Å². The quantitative estimate of drug-likeness (QED) is 0.0265. The molecule has 0 aromatic heterocycles. The van der Waals surface area contributed by atoms with Gasteiger partial charge in [0.2, 0.25) is 0 Å². The number of carbonyl (C=O) groups excluding carboxylic acids is 3. The number of ether oxygens (including phenoxy) is 3. The highest BCUT2D eigenvalue weighted by Gasteiger charge is 2.19. The summed E-state index contributed by atoms with van der Waals surface area (Å²) in [6.45, 7) is 6.44. The average molecular weight is 797 g/mol. The van der Waals surface area contributed by atoms with E-state index in [4.69, 9.17) is 14.2 Å². The van der Waals surface area contributed by atoms with Crippen molar-refractivity contribution in [1.29, 1.82) is 0 Å². The predicted molar refractivity (Wildman–Crippen MR) is 242 cm³/mol. The van der Waals surface area contributed by atoms with Crippen LogP contribution in [0.2, 0.25) is 0 Å². The molecule has 0 N–H and O–H groups in total. The van der Waals surface area contributed by atoms with Crippen LogP contribution in [0.1, 0.15) is 226 Å². The first-order valence-electron chi connectivity index (χ1n) is 23.8. The Labute approximate surface area is 351 Å². The summed E-state index contributed by atoms with van der Waals surface area (Å²) < 4.78 is 16.7. The van der Waals surface area contributed by atoms with E-state index in [0.29, 0.717) is 19.3 Å². The smallest absolute Gasteiger partial charge is 0.306 e. The van der Waals surface area contributed by atoms with Gasteiger partial charge in [-0.1, -0.05) is 165 Å². The number of esters is 3. The highest BCUT2D eigenvalue weighted by atomic mass is 16.6. The summed E-state index contributed by atoms with van der Waals surface area (Å²) in [7, 11) is 0. The van der Waals surface area contributed by atoms with Crippen molar-refractivity contribution in [2.45, 2.75) is 232 Å². The minimum Gasteiger partial charge on any atom is -0.462 e. The van der Waals surface area contributed by atoms with Gasteiger partial charge in [0.25, 0.3) is 0 Å². The molecule has 0 spiro atoms. The molecule has 0 bridgehead atoms. The minimum absolute atomic E-state index is 0.0879. The van der Waals surface area contributed by atoms with E-state index in [1.165, 1.54) is 70.6 Å². The first kappa shape index (κ1) is 54.1. The van der Waals surface area contributed by atoms with Crippen LogP contribution in [0.3, 0.4) is 0 Å². The number of hydrogen-bond acceptors (Lipinski definition) is 6. The highest BCUT2D eigenvalue weighted by Crippen LogP contribution is 2.13. The largest absolute Gasteiger partial charge is 0.462 e. The Morgan fingerprint density at radius 1 is 0.368 bits per heavy atom. The van der Waals surface area contributed by atoms with E-state index in [2.05, 4.69) is 81.5 Å². The molecule has 6 nitrogen and oxygen atoms in total. The molecule has 0 radical (unpaired) electrons. The number of hydrogen-bond donors (Lipinski definition) is 0. The second-order valence-corrected chi connectivity index (χ2v) is 15.6. The van der Waals surface area contributed by atoms with E-state index >= 15 is 0 Å². The van der Waals surface area contributed by atoms with Crippen molar-refractivity contribution in [3.05, 3.63) is 60.8 Å². The Balaban J connectivity index is 4.42. The van der Waals surface area contributed by atoms with E-state index in [1.807, 2.05) is 0 Å². The molecule has 0 saturated carbocycles. The zero-order chi connectivity index (χ0) is 41.5. The fourth-order valence-corrected chi connectivity index (χ4v) is 6.38. The van der Waals surface area contributed by atoms with Crippen LogP contribution in [0, 0.1) is 0 Å². The lowest BCUT2D eigenvalue weighted by Crippen LogP contribution is -2.30. The van der Waals surface area contributed by atoms with Crippen LogP contribution in [0.15, 0.2) is 60.8 Å². The molecule has 0 aliphatic carbocycles. The Morgan fingerprint density at radius 2 is 0.684 bits per heavy atom. The first-order valence-corrected chi connectivity index (χ1v) is 23.8. The molecule has 0 aliphatic rings. The molecule has 0 amide bonds. The van der Waals surface area contributed by atoms with E-state index in [1.54, 1.807) is 0 Å². The van der Waals surface area contributed by atoms with E-state index in [9.17, 15) is 14.4 Å². The van der Waals surface area contributed by atoms with Crippen molar-refractivity contribution < 1.29 is 28.6 Å². The molecule has 1 atom stereocenters. The molecule has 57 heavy (non-hydrogen) atoms. The maximum absolute atomic E-state index is 12.7. The summed E-state index contributed by atoms with van der Waals surface area (Å²) in [4.78, 5) is 37.8. The third-order valence-corrected chi connectivity index (χ3v) is 9.98. The topological polar surface area (TPSA) is 78.9 Å². The van der Waals surface area contributed by atoms with Crippen LogP contribution in [0.25, 0.3) is 0 Å². The second kappa shape index (κ2) is 45.8. The van der Waals surface area contributed by atoms with Crippen LogP contribution < -0.4 is 0 Å². The SMILES string of the molecule is CC/C=C\C/C=C\C/C=C\CCCCCCCC(=O)OC[C@@H](COC(=O)CCCCCCC/C=C\CCCCC)OC(=O)CCCCCCC/C=C\CCCCC. The van der Waals surface area contributed by atoms with Crippen molar-refractivity contribution in [1.82, 2.24) is 0 Å². The van der Waals surface area contributed by atoms with Gasteiger partial charge in [-0.15, -0.1) is 0 Å². The van der Waals surface area contributed by atoms with Crippen LogP contribution in [-0.2, 0) is 28.6 Å². The van der Waals surface area contributed by atoms with Gasteiger partial charge in [0.1, 0.15) is 13.2 Å². The molecule has 328 valence electrons. The Morgan fingerprint density at radius 3 is 1.09 bits per heavy atom. The maximum Gasteiger partial charge on any atom is 0.306 e. The van der Waals surface area contributed by atoms with E-state index in [0.717, 1.165) is 116 Å². The van der Waals surface area contributed by atoms with Crippen LogP contribution in [0.5, 0.6) is 0 Å². The van der Waals surface area contributed by atoms with Crippen molar-refractivity contribution in [2.24, 2.45) is 0 Å². The fourth-order valence-electron chi connectivity index (χ4n) is 6.38. The highest BCUT2D eigenvalue weighted by molar-refractivity contribution is 5.71. The van der Waals surface area contributed by atoms with Crippen molar-refractivity contribution in [3.8, 4) is 0 Å². The molecule has 6 heteroatoms. The van der Waals surface area contributed by atoms with Crippen molar-refractivity contribution >= 4 is 17.9 Å². The fraction of sp³-hybridized carbons (Fsp3) is 0.745. The van der Waals surface area contributed by atoms with Gasteiger partial charge in [0, 0.05) is 19.3 Å². The Kier molecular flexibility index (Phi) is 43.5. The summed E-state index contributed by atoms with van der Waals surface area (Å²) in [5.74, 6) is -0.925. The van der Waals surface area contributed by atoms with Gasteiger partial charge in [-0.25, -0.2) is 0 Å². The molecule has 0 aromatic carbocycles. The molecule has 0 aliphatic heterocycles. The van der Waals surface area contributed by atoms with Crippen LogP contribution in [0.4, 0.5) is 0 Å². The molecule has 0 fully saturated rings. The van der Waals surface area contributed by atoms with Gasteiger partial charge in [-0.2, -0.15) is 0 Å². The van der Waals surface area contributed by atoms with E-state index in [-0.39, 0.29) is 31.1 Å². The summed E-state index contributed by atoms with van der Waals surface area (Å²) in [6, 6.07) is 0. The number of rotatable bonds is 42. The van der Waals surface area contributed by atoms with Gasteiger partial charge in [0.05, 0.1) is 0 Å². The molecular formula is C51H88O6. The zero-order valence-electron chi connectivity index (χ0n) is 37.3. The third kappa shape index (κ3) is 44.1. The van der Waals surface area contributed by atoms with Gasteiger partial charge < -0.3 is 14.2 Å². The van der Waals surface area contributed by atoms with E-state index < -0.39 is 6.10 Å². The summed E-state index contributed by atoms with van der Waals surface area (Å²) in [5, 5.41) is 0. The monoisotopic (exact) mass is 797 g/mol. The Hall–Kier alpha value is -2.89. The molecule has 0 saturated heterocycles. The summed E-state index contributed by atoms with van der Waals surface area (Å²) in [5.41, 5.74) is 0. The number of unbranched alkanes of at least 4 members (excludes halogenated alkanes) is 21. The third-order valence-electron chi connectivity index (χ3n) is 9.98. The maximum atomic E-state index is 12.7. The summed E-state index contributed by atoms with van der Waals surface area (Å²) in [6.07, 6.45) is 54.8. The standard InChI is InChI=1S/C51H88O6/c1-4-7-10-13-16-19-22-25-26-27-30-32-35-38-41-44-50(53)56-47-48(57-51(54)45-42-39-36-33-29-24-21-18-15-12-9-6-3)46-55-49(52)43-40-37-34-31-28-23-20-17-14-11-8-5-2/h7,10,16-21,25-26,48H,4-6,8-9,11-15,22-24,27-47H2,1-3H3/b10-7-,19-16-,20-17-,21-18-,26-25-/t48-/m1/s1. The summed E-state index contributed by atoms with van der Waals surface area (Å²) >= 11 is 0. The zero-order valence-corrected chi connectivity index (χ0v) is 37.3.